The molecule has 0 aliphatic carbocycles. The van der Waals surface area contributed by atoms with E-state index < -0.39 is 0 Å². The number of benzene rings is 7. The van der Waals surface area contributed by atoms with Crippen molar-refractivity contribution in [2.24, 2.45) is 0 Å². The van der Waals surface area contributed by atoms with Crippen LogP contribution in [0.25, 0.3) is 43.1 Å². The van der Waals surface area contributed by atoms with Crippen molar-refractivity contribution in [3.05, 3.63) is 137 Å². The van der Waals surface area contributed by atoms with Gasteiger partial charge in [-0.25, -0.2) is 0 Å². The summed E-state index contributed by atoms with van der Waals surface area (Å²) < 4.78 is 0. The standard InChI is InChI=1S/C40H35B/c1-24-19-26(3)39(27(4)20-24)41(40-28(5)21-25(2)22-29(40)6)36-23-32-16-15-30-11-7-9-13-33(30)37(32)38-34-14-10-8-12-31(34)17-18-35(36)38/h7-23H,1-6H3. The maximum Gasteiger partial charge on any atom is 0.243 e. The number of fused-ring (bicyclic) bond motifs is 7. The molecule has 7 aromatic rings. The molecule has 0 aliphatic heterocycles. The average molecular weight is 527 g/mol. The molecule has 0 N–H and O–H groups in total. The molecular weight excluding hydrogens is 491 g/mol. The Morgan fingerprint density at radius 1 is 0.390 bits per heavy atom. The molecule has 0 spiro atoms. The third-order valence-corrected chi connectivity index (χ3v) is 9.13. The first kappa shape index (κ1) is 25.6. The minimum absolute atomic E-state index is 0.121. The van der Waals surface area contributed by atoms with E-state index in [1.165, 1.54) is 92.9 Å². The summed E-state index contributed by atoms with van der Waals surface area (Å²) in [5.74, 6) is 0. The van der Waals surface area contributed by atoms with Crippen LogP contribution in [-0.4, -0.2) is 6.71 Å². The van der Waals surface area contributed by atoms with Crippen LogP contribution in [0.1, 0.15) is 33.4 Å². The predicted molar refractivity (Wildman–Crippen MR) is 182 cm³/mol. The van der Waals surface area contributed by atoms with E-state index in [4.69, 9.17) is 0 Å². The molecular formula is C40H35B. The molecule has 198 valence electrons. The topological polar surface area (TPSA) is 0 Å². The van der Waals surface area contributed by atoms with Gasteiger partial charge in [0.2, 0.25) is 6.71 Å². The molecule has 0 atom stereocenters. The molecule has 0 heterocycles. The number of rotatable bonds is 3. The van der Waals surface area contributed by atoms with Crippen molar-refractivity contribution < 1.29 is 0 Å². The Balaban J connectivity index is 1.72. The van der Waals surface area contributed by atoms with E-state index in [1.54, 1.807) is 0 Å². The van der Waals surface area contributed by atoms with Crippen molar-refractivity contribution >= 4 is 66.2 Å². The van der Waals surface area contributed by atoms with Gasteiger partial charge in [0.25, 0.3) is 0 Å². The fourth-order valence-corrected chi connectivity index (χ4v) is 7.70. The molecule has 0 saturated carbocycles. The van der Waals surface area contributed by atoms with E-state index in [0.717, 1.165) is 0 Å². The minimum atomic E-state index is 0.121. The van der Waals surface area contributed by atoms with E-state index in [9.17, 15) is 0 Å². The summed E-state index contributed by atoms with van der Waals surface area (Å²) in [4.78, 5) is 0. The Labute approximate surface area is 243 Å². The number of hydrogen-bond donors (Lipinski definition) is 0. The van der Waals surface area contributed by atoms with Crippen LogP contribution in [0, 0.1) is 41.5 Å². The Kier molecular flexibility index (Phi) is 6.01. The molecule has 7 rings (SSSR count). The van der Waals surface area contributed by atoms with Crippen LogP contribution < -0.4 is 16.4 Å². The summed E-state index contributed by atoms with van der Waals surface area (Å²) in [6, 6.07) is 39.0. The Morgan fingerprint density at radius 3 is 1.37 bits per heavy atom. The van der Waals surface area contributed by atoms with Crippen molar-refractivity contribution in [2.75, 3.05) is 0 Å². The minimum Gasteiger partial charge on any atom is -0.0629 e. The van der Waals surface area contributed by atoms with E-state index >= 15 is 0 Å². The maximum atomic E-state index is 2.50. The first-order valence-electron chi connectivity index (χ1n) is 14.7. The highest BCUT2D eigenvalue weighted by Gasteiger charge is 2.30. The van der Waals surface area contributed by atoms with Gasteiger partial charge >= 0.3 is 0 Å². The summed E-state index contributed by atoms with van der Waals surface area (Å²) in [6.07, 6.45) is 0. The van der Waals surface area contributed by atoms with Crippen LogP contribution in [0.3, 0.4) is 0 Å². The van der Waals surface area contributed by atoms with Gasteiger partial charge in [-0.2, -0.15) is 0 Å². The fourth-order valence-electron chi connectivity index (χ4n) is 7.70. The van der Waals surface area contributed by atoms with E-state index in [-0.39, 0.29) is 6.71 Å². The molecule has 0 aliphatic rings. The van der Waals surface area contributed by atoms with E-state index in [0.29, 0.717) is 0 Å². The third-order valence-electron chi connectivity index (χ3n) is 9.13. The van der Waals surface area contributed by atoms with Gasteiger partial charge in [-0.3, -0.25) is 0 Å². The lowest BCUT2D eigenvalue weighted by atomic mass is 9.33. The van der Waals surface area contributed by atoms with Gasteiger partial charge in [0.05, 0.1) is 0 Å². The van der Waals surface area contributed by atoms with Crippen LogP contribution in [-0.2, 0) is 0 Å². The zero-order valence-corrected chi connectivity index (χ0v) is 24.9. The molecule has 0 radical (unpaired) electrons. The van der Waals surface area contributed by atoms with Gasteiger partial charge in [0.15, 0.2) is 0 Å². The highest BCUT2D eigenvalue weighted by atomic mass is 14.2. The molecule has 7 aromatic carbocycles. The zero-order chi connectivity index (χ0) is 28.4. The number of aryl methyl sites for hydroxylation is 6. The molecule has 1 heteroatoms. The van der Waals surface area contributed by atoms with Crippen molar-refractivity contribution in [1.29, 1.82) is 0 Å². The lowest BCUT2D eigenvalue weighted by molar-refractivity contribution is 1.34. The van der Waals surface area contributed by atoms with Crippen LogP contribution in [0.2, 0.25) is 0 Å². The summed E-state index contributed by atoms with van der Waals surface area (Å²) in [6.45, 7) is 13.7. The van der Waals surface area contributed by atoms with Gasteiger partial charge in [-0.05, 0) is 84.6 Å². The van der Waals surface area contributed by atoms with Gasteiger partial charge in [0.1, 0.15) is 0 Å². The van der Waals surface area contributed by atoms with Crippen molar-refractivity contribution in [1.82, 2.24) is 0 Å². The molecule has 0 bridgehead atoms. The fraction of sp³-hybridized carbons (Fsp3) is 0.150. The maximum absolute atomic E-state index is 2.50. The Bertz CT molecular complexity index is 2060. The quantitative estimate of drug-likeness (QED) is 0.160. The largest absolute Gasteiger partial charge is 0.243 e. The molecule has 0 nitrogen and oxygen atoms in total. The summed E-state index contributed by atoms with van der Waals surface area (Å²) in [5, 5.41) is 10.6. The highest BCUT2D eigenvalue weighted by Crippen LogP contribution is 2.36. The molecule has 0 fully saturated rings. The molecule has 0 amide bonds. The summed E-state index contributed by atoms with van der Waals surface area (Å²) in [5.41, 5.74) is 12.3. The second kappa shape index (κ2) is 9.63. The van der Waals surface area contributed by atoms with Gasteiger partial charge in [-0.15, -0.1) is 0 Å². The van der Waals surface area contributed by atoms with Crippen molar-refractivity contribution in [2.45, 2.75) is 41.5 Å². The highest BCUT2D eigenvalue weighted by molar-refractivity contribution is 6.98. The summed E-state index contributed by atoms with van der Waals surface area (Å²) in [7, 11) is 0. The molecule has 0 saturated heterocycles. The monoisotopic (exact) mass is 526 g/mol. The first-order valence-corrected chi connectivity index (χ1v) is 14.7. The van der Waals surface area contributed by atoms with Crippen LogP contribution in [0.5, 0.6) is 0 Å². The van der Waals surface area contributed by atoms with Gasteiger partial charge < -0.3 is 0 Å². The number of hydrogen-bond acceptors (Lipinski definition) is 0. The lowest BCUT2D eigenvalue weighted by Crippen LogP contribution is -2.56. The Hall–Kier alpha value is -4.36. The van der Waals surface area contributed by atoms with E-state index in [1.807, 2.05) is 0 Å². The Morgan fingerprint density at radius 2 is 0.829 bits per heavy atom. The lowest BCUT2D eigenvalue weighted by Gasteiger charge is -2.26. The van der Waals surface area contributed by atoms with Crippen LogP contribution >= 0.6 is 0 Å². The second-order valence-electron chi connectivity index (χ2n) is 12.1. The molecule has 41 heavy (non-hydrogen) atoms. The average Bonchev–Trinajstić information content (AvgIpc) is 2.94. The zero-order valence-electron chi connectivity index (χ0n) is 24.9. The smallest absolute Gasteiger partial charge is 0.0629 e. The van der Waals surface area contributed by atoms with Crippen LogP contribution in [0.4, 0.5) is 0 Å². The predicted octanol–water partition coefficient (Wildman–Crippen LogP) is 8.67. The summed E-state index contributed by atoms with van der Waals surface area (Å²) >= 11 is 0. The van der Waals surface area contributed by atoms with Crippen LogP contribution in [0.15, 0.2) is 103 Å². The van der Waals surface area contributed by atoms with Crippen molar-refractivity contribution in [3.8, 4) is 0 Å². The molecule has 0 aromatic heterocycles. The third kappa shape index (κ3) is 4.06. The first-order chi connectivity index (χ1) is 19.8. The SMILES string of the molecule is Cc1cc(C)c(B(c2c(C)cc(C)cc2C)c2cc3ccc4ccccc4c3c3c2ccc2ccccc23)c(C)c1. The van der Waals surface area contributed by atoms with Crippen molar-refractivity contribution in [3.63, 3.8) is 0 Å². The normalized spacial score (nSPS) is 11.7. The molecule has 0 unspecified atom stereocenters. The van der Waals surface area contributed by atoms with Gasteiger partial charge in [0, 0.05) is 0 Å². The van der Waals surface area contributed by atoms with Gasteiger partial charge in [-0.1, -0.05) is 153 Å². The van der Waals surface area contributed by atoms with E-state index in [2.05, 4.69) is 145 Å². The second-order valence-corrected chi connectivity index (χ2v) is 12.1.